The van der Waals surface area contributed by atoms with Gasteiger partial charge in [0.2, 0.25) is 0 Å². The maximum absolute atomic E-state index is 8.74. The highest BCUT2D eigenvalue weighted by Crippen LogP contribution is 2.14. The SMILES string of the molecule is Cc1cc(Br)cnc1CCCCN=C(N)N.O=S(=O)(O)O. The molecular formula is C11H19BrN4O4S. The van der Waals surface area contributed by atoms with Gasteiger partial charge in [0.15, 0.2) is 5.96 Å². The molecule has 1 aromatic heterocycles. The maximum Gasteiger partial charge on any atom is 0.394 e. The van der Waals surface area contributed by atoms with E-state index in [-0.39, 0.29) is 5.96 Å². The summed E-state index contributed by atoms with van der Waals surface area (Å²) in [7, 11) is -4.67. The Kier molecular flexibility index (Phi) is 9.09. The van der Waals surface area contributed by atoms with Gasteiger partial charge < -0.3 is 11.5 Å². The average molecular weight is 383 g/mol. The van der Waals surface area contributed by atoms with Crippen molar-refractivity contribution < 1.29 is 17.5 Å². The Labute approximate surface area is 132 Å². The Bertz CT molecular complexity index is 566. The van der Waals surface area contributed by atoms with Crippen LogP contribution < -0.4 is 11.5 Å². The molecule has 0 radical (unpaired) electrons. The molecule has 0 aliphatic heterocycles. The number of aliphatic imine (C=N–C) groups is 1. The Morgan fingerprint density at radius 3 is 2.43 bits per heavy atom. The van der Waals surface area contributed by atoms with E-state index in [4.69, 9.17) is 29.0 Å². The molecule has 0 aromatic carbocycles. The molecule has 21 heavy (non-hydrogen) atoms. The minimum Gasteiger partial charge on any atom is -0.370 e. The summed E-state index contributed by atoms with van der Waals surface area (Å²) in [4.78, 5) is 8.32. The minimum absolute atomic E-state index is 0.165. The van der Waals surface area contributed by atoms with Crippen molar-refractivity contribution >= 4 is 32.3 Å². The number of nitrogens with two attached hydrogens (primary N) is 2. The van der Waals surface area contributed by atoms with Crippen molar-refractivity contribution in [2.24, 2.45) is 16.5 Å². The molecule has 8 nitrogen and oxygen atoms in total. The van der Waals surface area contributed by atoms with E-state index >= 15 is 0 Å². The largest absolute Gasteiger partial charge is 0.394 e. The zero-order valence-electron chi connectivity index (χ0n) is 11.5. The van der Waals surface area contributed by atoms with Crippen molar-refractivity contribution in [2.75, 3.05) is 6.54 Å². The number of nitrogens with zero attached hydrogens (tertiary/aromatic N) is 2. The number of aryl methyl sites for hydroxylation is 2. The van der Waals surface area contributed by atoms with E-state index in [9.17, 15) is 0 Å². The summed E-state index contributed by atoms with van der Waals surface area (Å²) in [5, 5.41) is 0. The van der Waals surface area contributed by atoms with Gasteiger partial charge in [0.25, 0.3) is 0 Å². The van der Waals surface area contributed by atoms with Crippen LogP contribution in [-0.2, 0) is 16.8 Å². The van der Waals surface area contributed by atoms with Gasteiger partial charge in [0.05, 0.1) is 0 Å². The van der Waals surface area contributed by atoms with Crippen molar-refractivity contribution in [1.29, 1.82) is 0 Å². The van der Waals surface area contributed by atoms with Gasteiger partial charge in [-0.15, -0.1) is 0 Å². The number of guanidine groups is 1. The van der Waals surface area contributed by atoms with Gasteiger partial charge in [-0.3, -0.25) is 19.1 Å². The maximum atomic E-state index is 8.74. The zero-order valence-corrected chi connectivity index (χ0v) is 13.9. The Morgan fingerprint density at radius 1 is 1.38 bits per heavy atom. The van der Waals surface area contributed by atoms with Gasteiger partial charge in [-0.05, 0) is 53.7 Å². The molecule has 0 saturated heterocycles. The lowest BCUT2D eigenvalue weighted by molar-refractivity contribution is 0.381. The van der Waals surface area contributed by atoms with Crippen LogP contribution in [0, 0.1) is 6.92 Å². The first kappa shape index (κ1) is 19.8. The fourth-order valence-electron chi connectivity index (χ4n) is 1.44. The van der Waals surface area contributed by atoms with Crippen molar-refractivity contribution in [3.63, 3.8) is 0 Å². The summed E-state index contributed by atoms with van der Waals surface area (Å²) in [5.74, 6) is 0.165. The van der Waals surface area contributed by atoms with Gasteiger partial charge in [-0.2, -0.15) is 8.42 Å². The molecule has 0 fully saturated rings. The predicted molar refractivity (Wildman–Crippen MR) is 84.5 cm³/mol. The number of hydrogen-bond acceptors (Lipinski definition) is 4. The lowest BCUT2D eigenvalue weighted by Gasteiger charge is -2.04. The van der Waals surface area contributed by atoms with Gasteiger partial charge in [0, 0.05) is 22.9 Å². The number of aromatic nitrogens is 1. The Morgan fingerprint density at radius 2 is 1.95 bits per heavy atom. The molecule has 0 atom stereocenters. The molecule has 120 valence electrons. The Hall–Kier alpha value is -1.23. The smallest absolute Gasteiger partial charge is 0.370 e. The minimum atomic E-state index is -4.67. The number of hydrogen-bond donors (Lipinski definition) is 4. The molecule has 1 heterocycles. The second-order valence-electron chi connectivity index (χ2n) is 4.13. The average Bonchev–Trinajstić information content (AvgIpc) is 2.28. The van der Waals surface area contributed by atoms with Gasteiger partial charge in [-0.1, -0.05) is 0 Å². The van der Waals surface area contributed by atoms with Crippen LogP contribution in [0.25, 0.3) is 0 Å². The lowest BCUT2D eigenvalue weighted by Crippen LogP contribution is -2.22. The highest BCUT2D eigenvalue weighted by Gasteiger charge is 2.00. The van der Waals surface area contributed by atoms with Gasteiger partial charge in [0.1, 0.15) is 0 Å². The van der Waals surface area contributed by atoms with Crippen LogP contribution in [0.4, 0.5) is 0 Å². The molecule has 0 aliphatic carbocycles. The van der Waals surface area contributed by atoms with Crippen molar-refractivity contribution in [2.45, 2.75) is 26.2 Å². The molecular weight excluding hydrogens is 364 g/mol. The van der Waals surface area contributed by atoms with Crippen LogP contribution in [0.2, 0.25) is 0 Å². The van der Waals surface area contributed by atoms with E-state index < -0.39 is 10.4 Å². The molecule has 10 heteroatoms. The molecule has 0 unspecified atom stereocenters. The number of rotatable bonds is 5. The summed E-state index contributed by atoms with van der Waals surface area (Å²) in [5.41, 5.74) is 12.8. The molecule has 0 aliphatic rings. The summed E-state index contributed by atoms with van der Waals surface area (Å²) in [6.07, 6.45) is 4.83. The first-order chi connectivity index (χ1) is 9.59. The van der Waals surface area contributed by atoms with Crippen LogP contribution >= 0.6 is 15.9 Å². The third-order valence-electron chi connectivity index (χ3n) is 2.27. The van der Waals surface area contributed by atoms with E-state index in [2.05, 4.69) is 38.9 Å². The number of unbranched alkanes of at least 4 members (excludes halogenated alkanes) is 1. The molecule has 1 aromatic rings. The molecule has 1 rings (SSSR count). The van der Waals surface area contributed by atoms with E-state index in [1.54, 1.807) is 0 Å². The molecule has 0 bridgehead atoms. The third-order valence-corrected chi connectivity index (χ3v) is 2.70. The van der Waals surface area contributed by atoms with Crippen LogP contribution in [0.1, 0.15) is 24.1 Å². The second-order valence-corrected chi connectivity index (χ2v) is 5.94. The van der Waals surface area contributed by atoms with Crippen LogP contribution in [0.5, 0.6) is 0 Å². The predicted octanol–water partition coefficient (Wildman–Crippen LogP) is 1.10. The topological polar surface area (TPSA) is 152 Å². The summed E-state index contributed by atoms with van der Waals surface area (Å²) >= 11 is 3.40. The standard InChI is InChI=1S/C11H17BrN4.H2O4S/c1-8-6-9(12)7-16-10(8)4-2-3-5-15-11(13)14;1-5(2,3)4/h6-7H,2-5H2,1H3,(H4,13,14,15);(H2,1,2,3,4). The highest BCUT2D eigenvalue weighted by molar-refractivity contribution is 9.10. The van der Waals surface area contributed by atoms with E-state index in [1.165, 1.54) is 5.56 Å². The molecule has 0 saturated carbocycles. The molecule has 0 amide bonds. The summed E-state index contributed by atoms with van der Waals surface area (Å²) in [6.45, 7) is 2.76. The summed E-state index contributed by atoms with van der Waals surface area (Å²) < 4.78 is 32.6. The van der Waals surface area contributed by atoms with Crippen molar-refractivity contribution in [3.8, 4) is 0 Å². The molecule has 0 spiro atoms. The first-order valence-corrected chi connectivity index (χ1v) is 8.15. The first-order valence-electron chi connectivity index (χ1n) is 5.96. The second kappa shape index (κ2) is 9.66. The zero-order chi connectivity index (χ0) is 16.5. The summed E-state index contributed by atoms with van der Waals surface area (Å²) in [6, 6.07) is 2.08. The normalized spacial score (nSPS) is 10.5. The van der Waals surface area contributed by atoms with E-state index in [1.807, 2.05) is 6.20 Å². The fraction of sp³-hybridized carbons (Fsp3) is 0.455. The van der Waals surface area contributed by atoms with E-state index in [0.29, 0.717) is 6.54 Å². The molecule has 6 N–H and O–H groups in total. The quantitative estimate of drug-likeness (QED) is 0.257. The van der Waals surface area contributed by atoms with Crippen molar-refractivity contribution in [1.82, 2.24) is 4.98 Å². The number of halogens is 1. The van der Waals surface area contributed by atoms with Crippen LogP contribution in [0.3, 0.4) is 0 Å². The Balaban J connectivity index is 0.000000690. The number of pyridine rings is 1. The lowest BCUT2D eigenvalue weighted by atomic mass is 10.1. The van der Waals surface area contributed by atoms with Crippen LogP contribution in [0.15, 0.2) is 21.7 Å². The highest BCUT2D eigenvalue weighted by atomic mass is 79.9. The van der Waals surface area contributed by atoms with Gasteiger partial charge >= 0.3 is 10.4 Å². The van der Waals surface area contributed by atoms with Crippen LogP contribution in [-0.4, -0.2) is 35.0 Å². The van der Waals surface area contributed by atoms with E-state index in [0.717, 1.165) is 29.4 Å². The van der Waals surface area contributed by atoms with Crippen molar-refractivity contribution in [3.05, 3.63) is 28.0 Å². The fourth-order valence-corrected chi connectivity index (χ4v) is 1.89. The van der Waals surface area contributed by atoms with Gasteiger partial charge in [-0.25, -0.2) is 0 Å². The monoisotopic (exact) mass is 382 g/mol. The third kappa shape index (κ3) is 13.5.